The molecule has 1 aromatic rings. The molecule has 0 amide bonds. The topological polar surface area (TPSA) is 60.2 Å². The zero-order valence-corrected chi connectivity index (χ0v) is 9.52. The molecule has 0 aliphatic heterocycles. The second-order valence-corrected chi connectivity index (χ2v) is 5.27. The molecule has 0 aromatic heterocycles. The molecule has 2 rings (SSSR count). The summed E-state index contributed by atoms with van der Waals surface area (Å²) in [4.78, 5) is 0.222. The normalized spacial score (nSPS) is 19.9. The molecule has 1 aromatic carbocycles. The molecule has 1 aliphatic carbocycles. The van der Waals surface area contributed by atoms with E-state index in [2.05, 4.69) is 0 Å². The largest absolute Gasteiger partial charge is 0.238 e. The first kappa shape index (κ1) is 11.1. The summed E-state index contributed by atoms with van der Waals surface area (Å²) in [6.45, 7) is 0. The smallest absolute Gasteiger partial charge is 0.225 e. The van der Waals surface area contributed by atoms with Gasteiger partial charge >= 0.3 is 0 Å². The van der Waals surface area contributed by atoms with Gasteiger partial charge in [-0.25, -0.2) is 13.6 Å². The lowest BCUT2D eigenvalue weighted by Gasteiger charge is -2.16. The Bertz CT molecular complexity index is 544. The number of rotatable bonds is 2. The van der Waals surface area contributed by atoms with Crippen molar-refractivity contribution in [2.45, 2.75) is 17.2 Å². The summed E-state index contributed by atoms with van der Waals surface area (Å²) in [5, 5.41) is 5.19. The lowest BCUT2D eigenvalue weighted by Crippen LogP contribution is -2.15. The summed E-state index contributed by atoms with van der Waals surface area (Å²) >= 11 is 0. The molecule has 1 unspecified atom stereocenters. The SMILES string of the molecule is NS(=O)(=O)c1ccccc1C1C=CC=CC1. The van der Waals surface area contributed by atoms with Gasteiger partial charge in [-0.1, -0.05) is 42.5 Å². The minimum absolute atomic E-state index is 0.0968. The van der Waals surface area contributed by atoms with Crippen LogP contribution in [0, 0.1) is 0 Å². The van der Waals surface area contributed by atoms with Crippen molar-refractivity contribution in [2.75, 3.05) is 0 Å². The van der Waals surface area contributed by atoms with Crippen LogP contribution in [-0.4, -0.2) is 8.42 Å². The zero-order valence-electron chi connectivity index (χ0n) is 8.71. The maximum absolute atomic E-state index is 11.4. The molecule has 0 spiro atoms. The molecule has 2 N–H and O–H groups in total. The molecule has 16 heavy (non-hydrogen) atoms. The number of sulfonamides is 1. The Morgan fingerprint density at radius 3 is 2.56 bits per heavy atom. The molecule has 4 heteroatoms. The molecule has 0 heterocycles. The molecule has 0 saturated carbocycles. The van der Waals surface area contributed by atoms with E-state index in [1.165, 1.54) is 0 Å². The van der Waals surface area contributed by atoms with Crippen LogP contribution in [0.4, 0.5) is 0 Å². The molecule has 84 valence electrons. The van der Waals surface area contributed by atoms with Gasteiger partial charge in [0.15, 0.2) is 0 Å². The van der Waals surface area contributed by atoms with Crippen LogP contribution in [0.1, 0.15) is 17.9 Å². The molecular weight excluding hydrogens is 222 g/mol. The summed E-state index contributed by atoms with van der Waals surface area (Å²) in [5.41, 5.74) is 0.769. The van der Waals surface area contributed by atoms with E-state index in [1.54, 1.807) is 12.1 Å². The van der Waals surface area contributed by atoms with Gasteiger partial charge in [-0.05, 0) is 18.1 Å². The number of hydrogen-bond acceptors (Lipinski definition) is 2. The number of hydrogen-bond donors (Lipinski definition) is 1. The van der Waals surface area contributed by atoms with Crippen molar-refractivity contribution in [2.24, 2.45) is 5.14 Å². The first-order valence-electron chi connectivity index (χ1n) is 5.04. The average molecular weight is 235 g/mol. The molecule has 0 radical (unpaired) electrons. The summed E-state index contributed by atoms with van der Waals surface area (Å²) in [7, 11) is -3.64. The number of primary sulfonamides is 1. The summed E-state index contributed by atoms with van der Waals surface area (Å²) in [5.74, 6) is 0.0968. The minimum Gasteiger partial charge on any atom is -0.225 e. The van der Waals surface area contributed by atoms with Crippen molar-refractivity contribution in [3.8, 4) is 0 Å². The van der Waals surface area contributed by atoms with Crippen LogP contribution in [-0.2, 0) is 10.0 Å². The van der Waals surface area contributed by atoms with Crippen molar-refractivity contribution in [3.05, 3.63) is 54.1 Å². The predicted molar refractivity (Wildman–Crippen MR) is 63.5 cm³/mol. The maximum atomic E-state index is 11.4. The highest BCUT2D eigenvalue weighted by atomic mass is 32.2. The second-order valence-electron chi connectivity index (χ2n) is 3.74. The highest BCUT2D eigenvalue weighted by molar-refractivity contribution is 7.89. The predicted octanol–water partition coefficient (Wildman–Crippen LogP) is 1.93. The van der Waals surface area contributed by atoms with Crippen LogP contribution in [0.3, 0.4) is 0 Å². The number of allylic oxidation sites excluding steroid dienone is 4. The summed E-state index contributed by atoms with van der Waals surface area (Å²) in [6, 6.07) is 6.88. The van der Waals surface area contributed by atoms with Gasteiger partial charge in [-0.15, -0.1) is 0 Å². The van der Waals surface area contributed by atoms with Gasteiger partial charge in [0.05, 0.1) is 4.90 Å². The standard InChI is InChI=1S/C12H13NO2S/c13-16(14,15)12-9-5-4-8-11(12)10-6-2-1-3-7-10/h1-6,8-10H,7H2,(H2,13,14,15). The van der Waals surface area contributed by atoms with E-state index in [0.29, 0.717) is 0 Å². The fraction of sp³-hybridized carbons (Fsp3) is 0.167. The Morgan fingerprint density at radius 1 is 1.19 bits per heavy atom. The van der Waals surface area contributed by atoms with E-state index in [1.807, 2.05) is 36.4 Å². The van der Waals surface area contributed by atoms with E-state index < -0.39 is 10.0 Å². The Balaban J connectivity index is 2.49. The minimum atomic E-state index is -3.64. The van der Waals surface area contributed by atoms with Gasteiger partial charge in [0.25, 0.3) is 0 Å². The van der Waals surface area contributed by atoms with Crippen LogP contribution >= 0.6 is 0 Å². The molecular formula is C12H13NO2S. The fourth-order valence-electron chi connectivity index (χ4n) is 1.86. The third-order valence-electron chi connectivity index (χ3n) is 2.61. The molecule has 3 nitrogen and oxygen atoms in total. The maximum Gasteiger partial charge on any atom is 0.238 e. The Kier molecular flexibility index (Phi) is 2.94. The van der Waals surface area contributed by atoms with Crippen LogP contribution < -0.4 is 5.14 Å². The zero-order chi connectivity index (χ0) is 11.6. The van der Waals surface area contributed by atoms with Crippen molar-refractivity contribution in [1.82, 2.24) is 0 Å². The monoisotopic (exact) mass is 235 g/mol. The van der Waals surface area contributed by atoms with Gasteiger partial charge in [-0.3, -0.25) is 0 Å². The van der Waals surface area contributed by atoms with Crippen molar-refractivity contribution < 1.29 is 8.42 Å². The van der Waals surface area contributed by atoms with Crippen LogP contribution in [0.25, 0.3) is 0 Å². The van der Waals surface area contributed by atoms with Crippen molar-refractivity contribution >= 4 is 10.0 Å². The highest BCUT2D eigenvalue weighted by Gasteiger charge is 2.18. The Labute approximate surface area is 95.3 Å². The first-order chi connectivity index (χ1) is 7.59. The van der Waals surface area contributed by atoms with E-state index >= 15 is 0 Å². The molecule has 1 atom stereocenters. The first-order valence-corrected chi connectivity index (χ1v) is 6.59. The molecule has 0 bridgehead atoms. The number of nitrogens with two attached hydrogens (primary N) is 1. The molecule has 1 aliphatic rings. The van der Waals surface area contributed by atoms with Crippen molar-refractivity contribution in [3.63, 3.8) is 0 Å². The van der Waals surface area contributed by atoms with Gasteiger partial charge in [0.2, 0.25) is 10.0 Å². The summed E-state index contributed by atoms with van der Waals surface area (Å²) < 4.78 is 22.9. The van der Waals surface area contributed by atoms with Crippen LogP contribution in [0.15, 0.2) is 53.5 Å². The Hall–Kier alpha value is -1.39. The van der Waals surface area contributed by atoms with Gasteiger partial charge in [0, 0.05) is 5.92 Å². The Morgan fingerprint density at radius 2 is 1.94 bits per heavy atom. The van der Waals surface area contributed by atoms with E-state index in [9.17, 15) is 8.42 Å². The van der Waals surface area contributed by atoms with E-state index in [-0.39, 0.29) is 10.8 Å². The lowest BCUT2D eigenvalue weighted by molar-refractivity contribution is 0.595. The van der Waals surface area contributed by atoms with Gasteiger partial charge < -0.3 is 0 Å². The molecule has 0 saturated heterocycles. The van der Waals surface area contributed by atoms with Gasteiger partial charge in [-0.2, -0.15) is 0 Å². The van der Waals surface area contributed by atoms with E-state index in [0.717, 1.165) is 12.0 Å². The third-order valence-corrected chi connectivity index (χ3v) is 3.59. The second kappa shape index (κ2) is 4.23. The van der Waals surface area contributed by atoms with Gasteiger partial charge in [0.1, 0.15) is 0 Å². The number of benzene rings is 1. The molecule has 0 fully saturated rings. The average Bonchev–Trinajstić information content (AvgIpc) is 2.29. The van der Waals surface area contributed by atoms with E-state index in [4.69, 9.17) is 5.14 Å². The fourth-order valence-corrected chi connectivity index (χ4v) is 2.67. The van der Waals surface area contributed by atoms with Crippen LogP contribution in [0.2, 0.25) is 0 Å². The quantitative estimate of drug-likeness (QED) is 0.851. The lowest BCUT2D eigenvalue weighted by atomic mass is 9.93. The summed E-state index contributed by atoms with van der Waals surface area (Å²) in [6.07, 6.45) is 8.70. The third kappa shape index (κ3) is 2.23. The van der Waals surface area contributed by atoms with Crippen LogP contribution in [0.5, 0.6) is 0 Å². The highest BCUT2D eigenvalue weighted by Crippen LogP contribution is 2.29. The van der Waals surface area contributed by atoms with Crippen molar-refractivity contribution in [1.29, 1.82) is 0 Å².